The maximum Gasteiger partial charge on any atom is 0.220 e. The molecule has 0 bridgehead atoms. The third-order valence-electron chi connectivity index (χ3n) is 5.06. The molecule has 0 atom stereocenters. The molecule has 0 radical (unpaired) electrons. The summed E-state index contributed by atoms with van der Waals surface area (Å²) in [6.07, 6.45) is 5.19. The molecule has 1 heterocycles. The van der Waals surface area contributed by atoms with Crippen molar-refractivity contribution in [1.29, 1.82) is 0 Å². The number of phenolic OH excluding ortho intramolecular Hbond substituents is 1. The van der Waals surface area contributed by atoms with Crippen molar-refractivity contribution in [3.63, 3.8) is 0 Å². The van der Waals surface area contributed by atoms with E-state index in [0.29, 0.717) is 11.7 Å². The lowest BCUT2D eigenvalue weighted by Gasteiger charge is -2.46. The highest BCUT2D eigenvalue weighted by atomic mass is 16.3. The zero-order chi connectivity index (χ0) is 17.5. The smallest absolute Gasteiger partial charge is 0.220 e. The van der Waals surface area contributed by atoms with Crippen LogP contribution in [0.25, 0.3) is 0 Å². The van der Waals surface area contributed by atoms with Crippen molar-refractivity contribution in [3.05, 3.63) is 23.3 Å². The van der Waals surface area contributed by atoms with E-state index in [2.05, 4.69) is 18.8 Å². The predicted molar refractivity (Wildman–Crippen MR) is 98.5 cm³/mol. The van der Waals surface area contributed by atoms with Gasteiger partial charge in [-0.25, -0.2) is 4.99 Å². The second kappa shape index (κ2) is 6.00. The summed E-state index contributed by atoms with van der Waals surface area (Å²) < 4.78 is 0. The highest BCUT2D eigenvalue weighted by Crippen LogP contribution is 2.42. The highest BCUT2D eigenvalue weighted by Gasteiger charge is 2.43. The largest absolute Gasteiger partial charge is 0.508 e. The van der Waals surface area contributed by atoms with Crippen LogP contribution < -0.4 is 16.4 Å². The summed E-state index contributed by atoms with van der Waals surface area (Å²) in [5, 5.41) is 10.3. The summed E-state index contributed by atoms with van der Waals surface area (Å²) in [5.41, 5.74) is 14.6. The summed E-state index contributed by atoms with van der Waals surface area (Å²) in [6.45, 7) is 6.10. The molecular formula is C18H27N5O. The average Bonchev–Trinajstić information content (AvgIpc) is 2.49. The Balaban J connectivity index is 2.15. The van der Waals surface area contributed by atoms with Gasteiger partial charge < -0.3 is 16.6 Å². The van der Waals surface area contributed by atoms with Crippen LogP contribution >= 0.6 is 0 Å². The molecule has 1 aliphatic heterocycles. The molecule has 1 spiro atoms. The molecule has 130 valence electrons. The molecule has 0 unspecified atom stereocenters. The van der Waals surface area contributed by atoms with Crippen LogP contribution in [0.3, 0.4) is 0 Å². The number of benzene rings is 1. The topological polar surface area (TPSA) is 100 Å². The highest BCUT2D eigenvalue weighted by molar-refractivity contribution is 6.06. The fraction of sp³-hybridized carbons (Fsp3) is 0.556. The monoisotopic (exact) mass is 329 g/mol. The van der Waals surface area contributed by atoms with Gasteiger partial charge in [0.25, 0.3) is 0 Å². The number of aryl methyl sites for hydroxylation is 1. The van der Waals surface area contributed by atoms with Crippen molar-refractivity contribution in [2.75, 3.05) is 4.90 Å². The molecular weight excluding hydrogens is 302 g/mol. The molecule has 1 saturated carbocycles. The summed E-state index contributed by atoms with van der Waals surface area (Å²) in [5.74, 6) is 1.17. The lowest BCUT2D eigenvalue weighted by molar-refractivity contribution is 0.305. The van der Waals surface area contributed by atoms with Crippen molar-refractivity contribution < 1.29 is 5.11 Å². The van der Waals surface area contributed by atoms with E-state index < -0.39 is 5.66 Å². The lowest BCUT2D eigenvalue weighted by Crippen LogP contribution is -2.58. The maximum absolute atomic E-state index is 10.3. The number of aromatic hydroxyl groups is 1. The Morgan fingerprint density at radius 1 is 1.17 bits per heavy atom. The molecule has 1 aromatic carbocycles. The molecule has 3 rings (SSSR count). The fourth-order valence-electron chi connectivity index (χ4n) is 3.87. The fourth-order valence-corrected chi connectivity index (χ4v) is 3.87. The van der Waals surface area contributed by atoms with Crippen LogP contribution in [-0.2, 0) is 0 Å². The number of aliphatic imine (C=N–C) groups is 2. The van der Waals surface area contributed by atoms with Crippen molar-refractivity contribution in [2.24, 2.45) is 21.5 Å². The molecule has 1 fully saturated rings. The van der Waals surface area contributed by atoms with Gasteiger partial charge in [0.15, 0.2) is 0 Å². The Labute approximate surface area is 143 Å². The van der Waals surface area contributed by atoms with Crippen LogP contribution in [0.2, 0.25) is 0 Å². The Bertz CT molecular complexity index is 702. The minimum absolute atomic E-state index is 0.211. The predicted octanol–water partition coefficient (Wildman–Crippen LogP) is 2.93. The molecule has 24 heavy (non-hydrogen) atoms. The third-order valence-corrected chi connectivity index (χ3v) is 5.06. The summed E-state index contributed by atoms with van der Waals surface area (Å²) in [7, 11) is 0. The number of anilines is 1. The SMILES string of the molecule is Cc1cc(O)c(C(C)C)cc1N1C(N)=NC(N)=NC12CCCCC2. The van der Waals surface area contributed by atoms with E-state index in [1.165, 1.54) is 6.42 Å². The van der Waals surface area contributed by atoms with Crippen LogP contribution in [0.15, 0.2) is 22.1 Å². The first-order valence-electron chi connectivity index (χ1n) is 8.67. The van der Waals surface area contributed by atoms with Crippen molar-refractivity contribution >= 4 is 17.6 Å². The van der Waals surface area contributed by atoms with E-state index in [4.69, 9.17) is 16.5 Å². The minimum Gasteiger partial charge on any atom is -0.508 e. The molecule has 6 nitrogen and oxygen atoms in total. The minimum atomic E-state index is -0.454. The standard InChI is InChI=1S/C18H27N5O/c1-11(2)13-10-14(12(3)9-15(13)24)23-17(20)21-16(19)22-18(23)7-5-4-6-8-18/h9-11,24H,4-8H2,1-3H3,(H4,19,20,21,22). The van der Waals surface area contributed by atoms with Gasteiger partial charge in [0.2, 0.25) is 11.9 Å². The molecule has 0 aromatic heterocycles. The molecule has 1 aromatic rings. The second-order valence-electron chi connectivity index (χ2n) is 7.17. The van der Waals surface area contributed by atoms with E-state index in [0.717, 1.165) is 42.5 Å². The summed E-state index contributed by atoms with van der Waals surface area (Å²) >= 11 is 0. The van der Waals surface area contributed by atoms with Gasteiger partial charge in [-0.1, -0.05) is 20.3 Å². The number of rotatable bonds is 2. The number of hydrogen-bond donors (Lipinski definition) is 3. The zero-order valence-electron chi connectivity index (χ0n) is 14.7. The van der Waals surface area contributed by atoms with Crippen molar-refractivity contribution in [1.82, 2.24) is 0 Å². The Kier molecular flexibility index (Phi) is 4.15. The molecule has 0 amide bonds. The van der Waals surface area contributed by atoms with Gasteiger partial charge in [-0.3, -0.25) is 4.90 Å². The third kappa shape index (κ3) is 2.70. The first-order valence-corrected chi connectivity index (χ1v) is 8.67. The van der Waals surface area contributed by atoms with Gasteiger partial charge in [0.05, 0.1) is 0 Å². The molecule has 2 aliphatic rings. The van der Waals surface area contributed by atoms with Gasteiger partial charge in [0, 0.05) is 5.69 Å². The van der Waals surface area contributed by atoms with Gasteiger partial charge >= 0.3 is 0 Å². The molecule has 0 saturated heterocycles. The van der Waals surface area contributed by atoms with E-state index in [-0.39, 0.29) is 11.9 Å². The van der Waals surface area contributed by atoms with Gasteiger partial charge in [-0.05, 0) is 61.8 Å². The van der Waals surface area contributed by atoms with E-state index in [1.54, 1.807) is 6.07 Å². The Morgan fingerprint density at radius 3 is 2.46 bits per heavy atom. The van der Waals surface area contributed by atoms with E-state index >= 15 is 0 Å². The molecule has 1 aliphatic carbocycles. The van der Waals surface area contributed by atoms with Gasteiger partial charge in [-0.15, -0.1) is 0 Å². The molecule has 6 heteroatoms. The Morgan fingerprint density at radius 2 is 1.83 bits per heavy atom. The maximum atomic E-state index is 10.3. The first-order chi connectivity index (χ1) is 11.3. The van der Waals surface area contributed by atoms with Crippen molar-refractivity contribution in [2.45, 2.75) is 64.5 Å². The van der Waals surface area contributed by atoms with Crippen LogP contribution in [0.1, 0.15) is 63.0 Å². The van der Waals surface area contributed by atoms with Crippen LogP contribution in [0.4, 0.5) is 5.69 Å². The van der Waals surface area contributed by atoms with Gasteiger partial charge in [-0.2, -0.15) is 4.99 Å². The number of nitrogens with two attached hydrogens (primary N) is 2. The van der Waals surface area contributed by atoms with Crippen LogP contribution in [0, 0.1) is 6.92 Å². The normalized spacial score (nSPS) is 20.2. The van der Waals surface area contributed by atoms with E-state index in [1.807, 2.05) is 17.9 Å². The van der Waals surface area contributed by atoms with Crippen LogP contribution in [0.5, 0.6) is 5.75 Å². The van der Waals surface area contributed by atoms with E-state index in [9.17, 15) is 5.11 Å². The molecule has 5 N–H and O–H groups in total. The van der Waals surface area contributed by atoms with Crippen LogP contribution in [-0.4, -0.2) is 22.7 Å². The summed E-state index contributed by atoms with van der Waals surface area (Å²) in [4.78, 5) is 11.0. The lowest BCUT2D eigenvalue weighted by atomic mass is 9.86. The number of hydrogen-bond acceptors (Lipinski definition) is 6. The Hall–Kier alpha value is -2.24. The average molecular weight is 329 g/mol. The van der Waals surface area contributed by atoms with Gasteiger partial charge in [0.1, 0.15) is 11.4 Å². The number of nitrogens with zero attached hydrogens (tertiary/aromatic N) is 3. The number of phenols is 1. The first kappa shape index (κ1) is 16.6. The second-order valence-corrected chi connectivity index (χ2v) is 7.17. The number of guanidine groups is 2. The zero-order valence-corrected chi connectivity index (χ0v) is 14.7. The summed E-state index contributed by atoms with van der Waals surface area (Å²) in [6, 6.07) is 3.82. The quantitative estimate of drug-likeness (QED) is 0.776. The van der Waals surface area contributed by atoms with Crippen molar-refractivity contribution in [3.8, 4) is 5.75 Å².